The van der Waals surface area contributed by atoms with Crippen molar-refractivity contribution < 1.29 is 27.5 Å². The minimum atomic E-state index is -5.38. The van der Waals surface area contributed by atoms with Crippen molar-refractivity contribution in [2.75, 3.05) is 12.4 Å². The first kappa shape index (κ1) is 23.3. The lowest BCUT2D eigenvalue weighted by molar-refractivity contribution is -0.203. The monoisotopic (exact) mass is 457 g/mol. The fraction of sp³-hybridized carbons (Fsp3) is 0.182. The van der Waals surface area contributed by atoms with Crippen LogP contribution < -0.4 is 10.6 Å². The van der Waals surface area contributed by atoms with Crippen molar-refractivity contribution in [3.05, 3.63) is 77.5 Å². The van der Waals surface area contributed by atoms with Gasteiger partial charge in [-0.1, -0.05) is 35.9 Å². The zero-order valence-electron chi connectivity index (χ0n) is 17.5. The molecule has 0 aliphatic rings. The summed E-state index contributed by atoms with van der Waals surface area (Å²) in [5.41, 5.74) is -3.18. The van der Waals surface area contributed by atoms with E-state index in [2.05, 4.69) is 9.84 Å². The van der Waals surface area contributed by atoms with Gasteiger partial charge in [0.2, 0.25) is 0 Å². The number of carbonyl (C=O) groups excluding carboxylic acids is 2. The van der Waals surface area contributed by atoms with Gasteiger partial charge >= 0.3 is 17.8 Å². The second kappa shape index (κ2) is 9.04. The van der Waals surface area contributed by atoms with E-state index < -0.39 is 29.5 Å². The molecule has 0 radical (unpaired) electrons. The maximum absolute atomic E-state index is 14.4. The Morgan fingerprint density at radius 1 is 1.12 bits per heavy atom. The van der Waals surface area contributed by atoms with Crippen LogP contribution in [0.3, 0.4) is 0 Å². The molecule has 1 heterocycles. The van der Waals surface area contributed by atoms with Crippen molar-refractivity contribution in [1.82, 2.24) is 15.1 Å². The van der Waals surface area contributed by atoms with Gasteiger partial charge in [-0.2, -0.15) is 23.5 Å². The molecule has 3 aromatic rings. The van der Waals surface area contributed by atoms with Gasteiger partial charge in [-0.15, -0.1) is 0 Å². The normalized spacial score (nSPS) is 12.8. The quantitative estimate of drug-likeness (QED) is 0.434. The summed E-state index contributed by atoms with van der Waals surface area (Å²) >= 11 is 0. The van der Waals surface area contributed by atoms with Gasteiger partial charge in [0.25, 0.3) is 5.91 Å². The van der Waals surface area contributed by atoms with Gasteiger partial charge in [-0.25, -0.2) is 9.48 Å². The Balaban J connectivity index is 2.16. The van der Waals surface area contributed by atoms with Gasteiger partial charge in [0, 0.05) is 5.56 Å². The number of alkyl halides is 3. The van der Waals surface area contributed by atoms with Crippen LogP contribution in [0, 0.1) is 18.3 Å². The molecular formula is C22H18F3N5O3. The lowest BCUT2D eigenvalue weighted by Gasteiger charge is -2.35. The molecular weight excluding hydrogens is 439 g/mol. The molecule has 1 aromatic heterocycles. The number of esters is 1. The average Bonchev–Trinajstić information content (AvgIpc) is 3.20. The number of hydrogen-bond acceptors (Lipinski definition) is 6. The summed E-state index contributed by atoms with van der Waals surface area (Å²) < 4.78 is 48.8. The number of amides is 1. The Hall–Kier alpha value is -4.33. The number of rotatable bonds is 6. The molecule has 0 saturated carbocycles. The zero-order chi connectivity index (χ0) is 24.2. The van der Waals surface area contributed by atoms with Crippen LogP contribution in [0.5, 0.6) is 0 Å². The van der Waals surface area contributed by atoms with Crippen molar-refractivity contribution in [3.8, 4) is 11.8 Å². The molecule has 0 saturated heterocycles. The number of methoxy groups -OCH3 is 1. The number of nitriles is 1. The first-order valence-corrected chi connectivity index (χ1v) is 9.49. The predicted molar refractivity (Wildman–Crippen MR) is 111 cm³/mol. The van der Waals surface area contributed by atoms with Crippen molar-refractivity contribution in [3.63, 3.8) is 0 Å². The van der Waals surface area contributed by atoms with E-state index in [-0.39, 0.29) is 11.1 Å². The number of anilines is 1. The SMILES string of the molecule is COC(=O)C(NC(=O)c1cccc(C)c1)(Nc1c(C#N)cnn1-c1ccccc1)C(F)(F)F. The number of hydrogen-bond donors (Lipinski definition) is 2. The van der Waals surface area contributed by atoms with E-state index >= 15 is 0 Å². The highest BCUT2D eigenvalue weighted by atomic mass is 19.4. The first-order valence-electron chi connectivity index (χ1n) is 9.49. The van der Waals surface area contributed by atoms with E-state index in [9.17, 15) is 28.0 Å². The fourth-order valence-corrected chi connectivity index (χ4v) is 3.07. The second-order valence-electron chi connectivity index (χ2n) is 6.95. The lowest BCUT2D eigenvalue weighted by atomic mass is 10.1. The number of carbonyl (C=O) groups is 2. The van der Waals surface area contributed by atoms with Gasteiger partial charge in [-0.05, 0) is 31.2 Å². The average molecular weight is 457 g/mol. The summed E-state index contributed by atoms with van der Waals surface area (Å²) in [7, 11) is 0.753. The number of ether oxygens (including phenoxy) is 1. The zero-order valence-corrected chi connectivity index (χ0v) is 17.5. The van der Waals surface area contributed by atoms with Crippen LogP contribution in [-0.4, -0.2) is 40.6 Å². The smallest absolute Gasteiger partial charge is 0.441 e. The van der Waals surface area contributed by atoms with Crippen LogP contribution in [0.15, 0.2) is 60.8 Å². The van der Waals surface area contributed by atoms with E-state index in [0.29, 0.717) is 11.3 Å². The first-order chi connectivity index (χ1) is 15.6. The Bertz CT molecular complexity index is 1220. The third kappa shape index (κ3) is 4.50. The number of benzene rings is 2. The summed E-state index contributed by atoms with van der Waals surface area (Å²) in [6.07, 6.45) is -4.34. The molecule has 2 N–H and O–H groups in total. The lowest BCUT2D eigenvalue weighted by Crippen LogP contribution is -2.69. The Morgan fingerprint density at radius 2 is 1.82 bits per heavy atom. The van der Waals surface area contributed by atoms with Crippen LogP contribution >= 0.6 is 0 Å². The minimum Gasteiger partial charge on any atom is -0.466 e. The third-order valence-corrected chi connectivity index (χ3v) is 4.69. The summed E-state index contributed by atoms with van der Waals surface area (Å²) in [4.78, 5) is 25.3. The molecule has 8 nitrogen and oxygen atoms in total. The summed E-state index contributed by atoms with van der Waals surface area (Å²) in [6.45, 7) is 1.66. The fourth-order valence-electron chi connectivity index (χ4n) is 3.07. The number of nitrogens with zero attached hydrogens (tertiary/aromatic N) is 3. The number of para-hydroxylation sites is 1. The molecule has 11 heteroatoms. The number of halogens is 3. The van der Waals surface area contributed by atoms with E-state index in [4.69, 9.17) is 0 Å². The van der Waals surface area contributed by atoms with Gasteiger partial charge in [0.1, 0.15) is 17.5 Å². The van der Waals surface area contributed by atoms with E-state index in [1.54, 1.807) is 42.6 Å². The molecule has 0 aliphatic carbocycles. The Morgan fingerprint density at radius 3 is 2.39 bits per heavy atom. The molecule has 1 unspecified atom stereocenters. The van der Waals surface area contributed by atoms with Gasteiger partial charge in [0.05, 0.1) is 19.0 Å². The van der Waals surface area contributed by atoms with Crippen LogP contribution in [0.4, 0.5) is 19.0 Å². The second-order valence-corrected chi connectivity index (χ2v) is 6.95. The van der Waals surface area contributed by atoms with E-state index in [1.807, 2.05) is 5.32 Å². The molecule has 170 valence electrons. The van der Waals surface area contributed by atoms with Crippen LogP contribution in [-0.2, 0) is 9.53 Å². The Kier molecular flexibility index (Phi) is 6.39. The van der Waals surface area contributed by atoms with Crippen molar-refractivity contribution in [2.45, 2.75) is 18.8 Å². The van der Waals surface area contributed by atoms with Crippen LogP contribution in [0.2, 0.25) is 0 Å². The molecule has 33 heavy (non-hydrogen) atoms. The highest BCUT2D eigenvalue weighted by molar-refractivity contribution is 5.99. The van der Waals surface area contributed by atoms with Crippen LogP contribution in [0.1, 0.15) is 21.5 Å². The summed E-state index contributed by atoms with van der Waals surface area (Å²) in [5, 5.41) is 17.1. The number of aromatic nitrogens is 2. The largest absolute Gasteiger partial charge is 0.466 e. The molecule has 0 fully saturated rings. The van der Waals surface area contributed by atoms with Crippen molar-refractivity contribution >= 4 is 17.7 Å². The number of aryl methyl sites for hydroxylation is 1. The molecule has 0 bridgehead atoms. The highest BCUT2D eigenvalue weighted by Crippen LogP contribution is 2.35. The molecule has 0 spiro atoms. The maximum atomic E-state index is 14.4. The highest BCUT2D eigenvalue weighted by Gasteiger charge is 2.64. The standard InChI is InChI=1S/C22H18F3N5O3/c1-14-7-6-8-15(11-14)19(31)29-21(20(32)33-2,22(23,24)25)28-18-16(12-26)13-27-30(18)17-9-4-3-5-10-17/h3-11,13,28H,1-2H3,(H,29,31). The van der Waals surface area contributed by atoms with Gasteiger partial charge in [-0.3, -0.25) is 4.79 Å². The minimum absolute atomic E-state index is 0.105. The summed E-state index contributed by atoms with van der Waals surface area (Å²) in [6, 6.07) is 15.5. The van der Waals surface area contributed by atoms with Crippen molar-refractivity contribution in [2.24, 2.45) is 0 Å². The van der Waals surface area contributed by atoms with Gasteiger partial charge in [0.15, 0.2) is 0 Å². The van der Waals surface area contributed by atoms with Crippen molar-refractivity contribution in [1.29, 1.82) is 5.26 Å². The third-order valence-electron chi connectivity index (χ3n) is 4.69. The summed E-state index contributed by atoms with van der Waals surface area (Å²) in [5.74, 6) is -3.48. The number of nitrogens with one attached hydrogen (secondary N) is 2. The van der Waals surface area contributed by atoms with E-state index in [0.717, 1.165) is 18.0 Å². The Labute approximate surface area is 186 Å². The molecule has 0 aliphatic heterocycles. The van der Waals surface area contributed by atoms with E-state index in [1.165, 1.54) is 30.3 Å². The van der Waals surface area contributed by atoms with Crippen LogP contribution in [0.25, 0.3) is 5.69 Å². The molecule has 2 aromatic carbocycles. The predicted octanol–water partition coefficient (Wildman–Crippen LogP) is 3.33. The molecule has 1 amide bonds. The molecule has 1 atom stereocenters. The van der Waals surface area contributed by atoms with Gasteiger partial charge < -0.3 is 15.4 Å². The maximum Gasteiger partial charge on any atom is 0.441 e. The molecule has 3 rings (SSSR count). The topological polar surface area (TPSA) is 109 Å².